The largest absolute Gasteiger partial charge is 0.505 e. The maximum Gasteiger partial charge on any atom is 0.300 e. The van der Waals surface area contributed by atoms with Gasteiger partial charge in [0.05, 0.1) is 21.7 Å². The average molecular weight is 788 g/mol. The molecule has 7 N–H and O–H groups in total. The monoisotopic (exact) mass is 787 g/mol. The van der Waals surface area contributed by atoms with Crippen molar-refractivity contribution >= 4 is 90.4 Å². The molecule has 0 amide bonds. The number of nitrogens with zero attached hydrogens (tertiary/aromatic N) is 4. The van der Waals surface area contributed by atoms with E-state index in [0.717, 1.165) is 24.3 Å². The van der Waals surface area contributed by atoms with Gasteiger partial charge in [0.25, 0.3) is 40.5 Å². The molecule has 0 atom stereocenters. The molecule has 0 unspecified atom stereocenters. The van der Waals surface area contributed by atoms with Crippen molar-refractivity contribution in [1.29, 1.82) is 0 Å². The summed E-state index contributed by atoms with van der Waals surface area (Å²) >= 11 is 0. The fourth-order valence-corrected chi connectivity index (χ4v) is 7.20. The number of hydrogen-bond acceptors (Lipinski definition) is 16. The lowest BCUT2D eigenvalue weighted by Crippen LogP contribution is -2.11. The number of fused-ring (bicyclic) bond motifs is 1. The zero-order valence-electron chi connectivity index (χ0n) is 23.1. The standard InChI is InChI=1S/C22H15F2N5O15S5/c23-11-7-12(22(49(42,43)44)16(24)21(11)48(39,40)41)27-29-19-14(47(36,37)38)6-8-5-13(46(33,34)35)18(17(25)15(8)20(19)30)28-26-9-1-3-10(4-2-9)45(31)32/h1-7,30,45H,25H2,(H,33,34,35)(H,36,37,38)(H,39,40,41)(H,42,43,44)/b28-26+,29-27+. The number of nitrogen functional groups attached to an aromatic ring is 1. The summed E-state index contributed by atoms with van der Waals surface area (Å²) in [6.45, 7) is 0. The SMILES string of the molecule is Nc1c(/N=N/c2ccc([SH](=O)=O)cc2)c(S(=O)(=O)O)cc2cc(S(=O)(=O)O)c(/N=N/c3cc(F)c(S(=O)(=O)O)c(F)c3S(=O)(=O)O)c(O)c12. The number of phenols is 1. The third kappa shape index (κ3) is 7.52. The number of azo groups is 2. The van der Waals surface area contributed by atoms with Gasteiger partial charge in [0.2, 0.25) is 0 Å². The van der Waals surface area contributed by atoms with E-state index in [1.54, 1.807) is 0 Å². The van der Waals surface area contributed by atoms with Crippen molar-refractivity contribution < 1.29 is 74.2 Å². The Hall–Kier alpha value is -4.61. The number of halogens is 2. The second kappa shape index (κ2) is 12.7. The van der Waals surface area contributed by atoms with Crippen molar-refractivity contribution in [1.82, 2.24) is 0 Å². The molecule has 262 valence electrons. The predicted octanol–water partition coefficient (Wildman–Crippen LogP) is 3.19. The highest BCUT2D eigenvalue weighted by Crippen LogP contribution is 2.48. The molecule has 0 fully saturated rings. The number of rotatable bonds is 9. The van der Waals surface area contributed by atoms with E-state index in [9.17, 15) is 69.6 Å². The van der Waals surface area contributed by atoms with Crippen molar-refractivity contribution in [2.75, 3.05) is 5.73 Å². The van der Waals surface area contributed by atoms with E-state index in [1.807, 2.05) is 0 Å². The predicted molar refractivity (Wildman–Crippen MR) is 159 cm³/mol. The normalized spacial score (nSPS) is 13.3. The molecule has 0 saturated carbocycles. The lowest BCUT2D eigenvalue weighted by atomic mass is 10.1. The number of thiol groups is 1. The topological polar surface area (TPSA) is 347 Å². The molecule has 49 heavy (non-hydrogen) atoms. The molecule has 4 aromatic rings. The van der Waals surface area contributed by atoms with Gasteiger partial charge in [-0.15, -0.1) is 15.3 Å². The van der Waals surface area contributed by atoms with E-state index in [2.05, 4.69) is 20.5 Å². The second-order valence-electron chi connectivity index (χ2n) is 9.23. The minimum absolute atomic E-state index is 0.101. The fraction of sp³-hybridized carbons (Fsp3) is 0. The second-order valence-corrected chi connectivity index (χ2v) is 15.8. The van der Waals surface area contributed by atoms with Gasteiger partial charge in [-0.25, -0.2) is 17.2 Å². The molecular weight excluding hydrogens is 773 g/mol. The summed E-state index contributed by atoms with van der Waals surface area (Å²) in [6, 6.07) is 5.15. The van der Waals surface area contributed by atoms with Crippen molar-refractivity contribution in [2.45, 2.75) is 24.5 Å². The van der Waals surface area contributed by atoms with Crippen LogP contribution in [0.15, 0.2) is 87.4 Å². The van der Waals surface area contributed by atoms with Gasteiger partial charge in [0, 0.05) is 6.07 Å². The third-order valence-electron chi connectivity index (χ3n) is 6.08. The van der Waals surface area contributed by atoms with Crippen LogP contribution in [0.4, 0.5) is 37.2 Å². The first-order valence-electron chi connectivity index (χ1n) is 12.0. The Morgan fingerprint density at radius 1 is 0.653 bits per heavy atom. The van der Waals surface area contributed by atoms with Crippen LogP contribution in [0.25, 0.3) is 10.8 Å². The van der Waals surface area contributed by atoms with Crippen molar-refractivity contribution in [3.63, 3.8) is 0 Å². The van der Waals surface area contributed by atoms with Crippen LogP contribution in [-0.2, 0) is 51.2 Å². The molecule has 0 aliphatic carbocycles. The summed E-state index contributed by atoms with van der Waals surface area (Å²) in [4.78, 5) is -7.07. The van der Waals surface area contributed by atoms with Gasteiger partial charge >= 0.3 is 0 Å². The molecule has 0 aliphatic rings. The minimum Gasteiger partial charge on any atom is -0.505 e. The summed E-state index contributed by atoms with van der Waals surface area (Å²) in [5.74, 6) is -6.20. The molecule has 4 rings (SSSR count). The average Bonchev–Trinajstić information content (AvgIpc) is 2.93. The Bertz CT molecular complexity index is 2670. The first kappa shape index (κ1) is 37.2. The van der Waals surface area contributed by atoms with Gasteiger partial charge < -0.3 is 10.8 Å². The summed E-state index contributed by atoms with van der Waals surface area (Å²) < 4.78 is 185. The summed E-state index contributed by atoms with van der Waals surface area (Å²) in [6.07, 6.45) is 0. The molecule has 20 nitrogen and oxygen atoms in total. The van der Waals surface area contributed by atoms with Gasteiger partial charge in [0.15, 0.2) is 32.1 Å². The molecule has 0 saturated heterocycles. The summed E-state index contributed by atoms with van der Waals surface area (Å²) in [5, 5.41) is 23.2. The van der Waals surface area contributed by atoms with E-state index >= 15 is 0 Å². The smallest absolute Gasteiger partial charge is 0.300 e. The van der Waals surface area contributed by atoms with E-state index in [1.165, 1.54) is 0 Å². The molecule has 0 heterocycles. The fourth-order valence-electron chi connectivity index (χ4n) is 4.08. The van der Waals surface area contributed by atoms with Crippen LogP contribution in [-0.4, -0.2) is 65.4 Å². The van der Waals surface area contributed by atoms with Crippen molar-refractivity contribution in [3.05, 3.63) is 54.1 Å². The molecule has 4 aromatic carbocycles. The van der Waals surface area contributed by atoms with Crippen LogP contribution in [0.1, 0.15) is 0 Å². The zero-order chi connectivity index (χ0) is 37.0. The van der Waals surface area contributed by atoms with Gasteiger partial charge in [-0.1, -0.05) is 0 Å². The number of hydrogen-bond donors (Lipinski definition) is 7. The highest BCUT2D eigenvalue weighted by Gasteiger charge is 2.33. The van der Waals surface area contributed by atoms with E-state index in [-0.39, 0.29) is 16.6 Å². The maximum atomic E-state index is 14.8. The van der Waals surface area contributed by atoms with Gasteiger partial charge in [-0.05, 0) is 41.8 Å². The molecule has 0 radical (unpaired) electrons. The van der Waals surface area contributed by atoms with Gasteiger partial charge in [-0.2, -0.15) is 38.8 Å². The zero-order valence-corrected chi connectivity index (χ0v) is 27.2. The number of anilines is 1. The number of phenolic OH excluding ortho intramolecular Hbond substituents is 1. The molecule has 0 aliphatic heterocycles. The number of aromatic hydroxyl groups is 1. The lowest BCUT2D eigenvalue weighted by molar-refractivity contribution is 0.442. The van der Waals surface area contributed by atoms with Crippen LogP contribution < -0.4 is 5.73 Å². The minimum atomic E-state index is -5.87. The molecule has 0 aromatic heterocycles. The maximum absolute atomic E-state index is 14.8. The van der Waals surface area contributed by atoms with Gasteiger partial charge in [-0.3, -0.25) is 18.2 Å². The quantitative estimate of drug-likeness (QED) is 0.0554. The Labute approximate surface area is 274 Å². The summed E-state index contributed by atoms with van der Waals surface area (Å²) in [7, 11) is -25.5. The Morgan fingerprint density at radius 3 is 1.61 bits per heavy atom. The van der Waals surface area contributed by atoms with Crippen LogP contribution in [0, 0.1) is 11.6 Å². The first-order chi connectivity index (χ1) is 22.3. The Kier molecular flexibility index (Phi) is 9.64. The van der Waals surface area contributed by atoms with Crippen LogP contribution in [0.5, 0.6) is 5.75 Å². The third-order valence-corrected chi connectivity index (χ3v) is 10.3. The lowest BCUT2D eigenvalue weighted by Gasteiger charge is -2.14. The first-order valence-corrected chi connectivity index (χ1v) is 18.9. The van der Waals surface area contributed by atoms with Gasteiger partial charge in [0.1, 0.15) is 32.7 Å². The molecular formula is C22H15F2N5O15S5. The van der Waals surface area contributed by atoms with Crippen LogP contribution in [0.3, 0.4) is 0 Å². The molecule has 27 heteroatoms. The van der Waals surface area contributed by atoms with E-state index in [0.29, 0.717) is 12.1 Å². The highest BCUT2D eigenvalue weighted by molar-refractivity contribution is 7.87. The number of benzene rings is 4. The number of nitrogens with two attached hydrogens (primary N) is 1. The van der Waals surface area contributed by atoms with E-state index < -0.39 is 122 Å². The Balaban J connectivity index is 2.07. The summed E-state index contributed by atoms with van der Waals surface area (Å²) in [5.41, 5.74) is 1.15. The van der Waals surface area contributed by atoms with Crippen molar-refractivity contribution in [3.8, 4) is 5.75 Å². The van der Waals surface area contributed by atoms with Crippen LogP contribution in [0.2, 0.25) is 0 Å². The highest BCUT2D eigenvalue weighted by atomic mass is 32.2. The van der Waals surface area contributed by atoms with Crippen LogP contribution >= 0.6 is 0 Å². The molecule has 0 spiro atoms. The Morgan fingerprint density at radius 2 is 1.14 bits per heavy atom. The van der Waals surface area contributed by atoms with E-state index in [4.69, 9.17) is 10.3 Å². The van der Waals surface area contributed by atoms with Crippen molar-refractivity contribution in [2.24, 2.45) is 20.5 Å². The molecule has 0 bridgehead atoms.